The van der Waals surface area contributed by atoms with Crippen LogP contribution in [0, 0.1) is 13.8 Å². The smallest absolute Gasteiger partial charge is 0.301 e. The van der Waals surface area contributed by atoms with Crippen molar-refractivity contribution in [2.45, 2.75) is 32.7 Å². The molecule has 0 radical (unpaired) electrons. The topological polar surface area (TPSA) is 123 Å². The van der Waals surface area contributed by atoms with Crippen LogP contribution in [-0.2, 0) is 9.59 Å². The zero-order chi connectivity index (χ0) is 27.0. The number of aryl methyl sites for hydroxylation is 2. The molecule has 9 nitrogen and oxygen atoms in total. The lowest BCUT2D eigenvalue weighted by Gasteiger charge is -2.31. The fourth-order valence-corrected chi connectivity index (χ4v) is 5.14. The van der Waals surface area contributed by atoms with E-state index in [4.69, 9.17) is 0 Å². The van der Waals surface area contributed by atoms with E-state index >= 15 is 0 Å². The molecule has 3 amide bonds. The van der Waals surface area contributed by atoms with Gasteiger partial charge in [-0.3, -0.25) is 25.1 Å². The van der Waals surface area contributed by atoms with Crippen molar-refractivity contribution in [3.05, 3.63) is 88.4 Å². The zero-order valence-electron chi connectivity index (χ0n) is 21.0. The molecule has 10 heteroatoms. The van der Waals surface area contributed by atoms with Crippen molar-refractivity contribution in [1.29, 1.82) is 0 Å². The third-order valence-corrected chi connectivity index (χ3v) is 7.36. The predicted octanol–water partition coefficient (Wildman–Crippen LogP) is 4.33. The molecule has 192 valence electrons. The summed E-state index contributed by atoms with van der Waals surface area (Å²) in [5.41, 5.74) is 6.77. The summed E-state index contributed by atoms with van der Waals surface area (Å²) >= 11 is 0.797. The molecule has 1 aliphatic carbocycles. The maximum atomic E-state index is 13.3. The lowest BCUT2D eigenvalue weighted by molar-refractivity contribution is -0.115. The highest BCUT2D eigenvalue weighted by Crippen LogP contribution is 2.37. The molecule has 2 aliphatic heterocycles. The molecule has 38 heavy (non-hydrogen) atoms. The van der Waals surface area contributed by atoms with E-state index < -0.39 is 16.7 Å². The second-order valence-corrected chi connectivity index (χ2v) is 10.3. The molecule has 3 aliphatic rings. The Hall–Kier alpha value is -4.44. The van der Waals surface area contributed by atoms with E-state index in [1.165, 1.54) is 5.01 Å². The first-order valence-corrected chi connectivity index (χ1v) is 12.7. The minimum Gasteiger partial charge on any atom is -0.507 e. The summed E-state index contributed by atoms with van der Waals surface area (Å²) in [6.07, 6.45) is 7.36. The number of anilines is 1. The fraction of sp³-hybridized carbons (Fsp3) is 0.179. The summed E-state index contributed by atoms with van der Waals surface area (Å²) in [5, 5.41) is 22.4. The second-order valence-electron chi connectivity index (χ2n) is 9.28. The molecule has 0 saturated carbocycles. The maximum Gasteiger partial charge on any atom is 0.301 e. The fourth-order valence-electron chi connectivity index (χ4n) is 4.38. The van der Waals surface area contributed by atoms with Crippen molar-refractivity contribution < 1.29 is 19.5 Å². The highest BCUT2D eigenvalue weighted by molar-refractivity contribution is 8.18. The Morgan fingerprint density at radius 1 is 1.13 bits per heavy atom. The van der Waals surface area contributed by atoms with Crippen molar-refractivity contribution in [2.75, 3.05) is 5.01 Å². The van der Waals surface area contributed by atoms with E-state index in [0.717, 1.165) is 28.5 Å². The number of nitrogens with one attached hydrogen (secondary N) is 2. The molecule has 0 spiro atoms. The quantitative estimate of drug-likeness (QED) is 0.393. The first-order chi connectivity index (χ1) is 18.2. The van der Waals surface area contributed by atoms with Crippen molar-refractivity contribution >= 4 is 51.5 Å². The Kier molecular flexibility index (Phi) is 6.50. The predicted molar refractivity (Wildman–Crippen MR) is 149 cm³/mol. The van der Waals surface area contributed by atoms with Crippen molar-refractivity contribution in [3.63, 3.8) is 0 Å². The largest absolute Gasteiger partial charge is 0.507 e. The van der Waals surface area contributed by atoms with Gasteiger partial charge in [-0.25, -0.2) is 0 Å². The highest BCUT2D eigenvalue weighted by atomic mass is 32.2. The standard InChI is InChI=1S/C28H25N5O4S/c1-16-10-11-20(13-17(16)2)33-26(36)24(18(3)31-33)30-32-28(15-23-25(35)29-27(37)38-23)12-6-7-19(14-28)21-8-4-5-9-22(21)34/h4-13,15,32,34H,14H2,1-3H3,(H,29,35,37). The number of benzene rings is 2. The van der Waals surface area contributed by atoms with Crippen LogP contribution in [0.15, 0.2) is 81.9 Å². The zero-order valence-corrected chi connectivity index (χ0v) is 21.8. The number of hydrogen-bond acceptors (Lipinski definition) is 8. The van der Waals surface area contributed by atoms with Gasteiger partial charge in [0.2, 0.25) is 0 Å². The highest BCUT2D eigenvalue weighted by Gasteiger charge is 2.36. The van der Waals surface area contributed by atoms with Crippen molar-refractivity contribution in [2.24, 2.45) is 10.2 Å². The number of thioether (sulfide) groups is 1. The first-order valence-electron chi connectivity index (χ1n) is 11.9. The SMILES string of the molecule is CC1=NN(c2ccc(C)c(C)c2)C(=O)C1=NNC1(C=C2SC(=O)NC2=O)C=CC=C(c2ccccc2O)C1. The molecule has 2 heterocycles. The third-order valence-electron chi connectivity index (χ3n) is 6.55. The van der Waals surface area contributed by atoms with Gasteiger partial charge < -0.3 is 5.11 Å². The van der Waals surface area contributed by atoms with Gasteiger partial charge in [-0.05, 0) is 73.5 Å². The molecule has 5 rings (SSSR count). The minimum atomic E-state index is -1.07. The molecule has 3 N–H and O–H groups in total. The van der Waals surface area contributed by atoms with Crippen LogP contribution in [0.25, 0.3) is 5.57 Å². The summed E-state index contributed by atoms with van der Waals surface area (Å²) in [7, 11) is 0. The van der Waals surface area contributed by atoms with Gasteiger partial charge >= 0.3 is 5.91 Å². The molecular formula is C28H25N5O4S. The number of imide groups is 1. The van der Waals surface area contributed by atoms with Crippen LogP contribution in [0.1, 0.15) is 30.0 Å². The number of para-hydroxylation sites is 1. The Bertz CT molecular complexity index is 1540. The van der Waals surface area contributed by atoms with Crippen LogP contribution < -0.4 is 15.8 Å². The van der Waals surface area contributed by atoms with Gasteiger partial charge in [-0.15, -0.1) is 0 Å². The number of aromatic hydroxyl groups is 1. The number of rotatable bonds is 5. The van der Waals surface area contributed by atoms with Crippen LogP contribution in [0.3, 0.4) is 0 Å². The number of phenols is 1. The van der Waals surface area contributed by atoms with Gasteiger partial charge in [-0.2, -0.15) is 15.2 Å². The molecule has 2 aromatic carbocycles. The lowest BCUT2D eigenvalue weighted by atomic mass is 9.83. The van der Waals surface area contributed by atoms with E-state index in [1.54, 1.807) is 43.4 Å². The van der Waals surface area contributed by atoms with Crippen molar-refractivity contribution in [3.8, 4) is 5.75 Å². The van der Waals surface area contributed by atoms with E-state index in [9.17, 15) is 19.5 Å². The number of hydrazone groups is 2. The molecule has 1 unspecified atom stereocenters. The van der Waals surface area contributed by atoms with Gasteiger partial charge in [0.05, 0.1) is 21.8 Å². The Morgan fingerprint density at radius 3 is 2.63 bits per heavy atom. The monoisotopic (exact) mass is 527 g/mol. The second kappa shape index (κ2) is 9.79. The Labute approximate surface area is 223 Å². The number of carbonyl (C=O) groups excluding carboxylic acids is 3. The molecule has 1 saturated heterocycles. The minimum absolute atomic E-state index is 0.114. The number of nitrogens with zero attached hydrogens (tertiary/aromatic N) is 3. The van der Waals surface area contributed by atoms with Crippen LogP contribution >= 0.6 is 11.8 Å². The van der Waals surface area contributed by atoms with E-state index in [1.807, 2.05) is 44.2 Å². The molecule has 0 aromatic heterocycles. The average molecular weight is 528 g/mol. The molecule has 0 bridgehead atoms. The summed E-state index contributed by atoms with van der Waals surface area (Å²) in [4.78, 5) is 37.7. The van der Waals surface area contributed by atoms with Crippen LogP contribution in [0.5, 0.6) is 5.75 Å². The van der Waals surface area contributed by atoms with Gasteiger partial charge in [-0.1, -0.05) is 42.5 Å². The molecule has 1 atom stereocenters. The summed E-state index contributed by atoms with van der Waals surface area (Å²) in [5.74, 6) is -0.778. The van der Waals surface area contributed by atoms with Crippen LogP contribution in [0.4, 0.5) is 10.5 Å². The van der Waals surface area contributed by atoms with Crippen LogP contribution in [0.2, 0.25) is 0 Å². The van der Waals surface area contributed by atoms with E-state index in [-0.39, 0.29) is 28.7 Å². The summed E-state index contributed by atoms with van der Waals surface area (Å²) in [6, 6.07) is 12.6. The number of carbonyl (C=O) groups is 3. The van der Waals surface area contributed by atoms with Gasteiger partial charge in [0, 0.05) is 12.0 Å². The first kappa shape index (κ1) is 25.2. The number of phenolic OH excluding ortho intramolecular Hbond substituents is 1. The maximum absolute atomic E-state index is 13.3. The third kappa shape index (κ3) is 4.78. The summed E-state index contributed by atoms with van der Waals surface area (Å²) in [6.45, 7) is 5.67. The molecular weight excluding hydrogens is 502 g/mol. The molecule has 2 aromatic rings. The van der Waals surface area contributed by atoms with Crippen LogP contribution in [-0.4, -0.2) is 39.1 Å². The van der Waals surface area contributed by atoms with Gasteiger partial charge in [0.1, 0.15) is 5.75 Å². The Morgan fingerprint density at radius 2 is 1.92 bits per heavy atom. The lowest BCUT2D eigenvalue weighted by Crippen LogP contribution is -2.42. The number of hydrogen-bond donors (Lipinski definition) is 3. The van der Waals surface area contributed by atoms with E-state index in [0.29, 0.717) is 17.0 Å². The molecule has 1 fully saturated rings. The van der Waals surface area contributed by atoms with Crippen molar-refractivity contribution in [1.82, 2.24) is 10.7 Å². The van der Waals surface area contributed by atoms with Gasteiger partial charge in [0.25, 0.3) is 11.1 Å². The summed E-state index contributed by atoms with van der Waals surface area (Å²) < 4.78 is 0. The Balaban J connectivity index is 1.49. The van der Waals surface area contributed by atoms with Gasteiger partial charge in [0.15, 0.2) is 5.71 Å². The van der Waals surface area contributed by atoms with E-state index in [2.05, 4.69) is 20.9 Å². The normalized spacial score (nSPS) is 23.2. The number of amides is 3. The number of allylic oxidation sites excluding steroid dienone is 2. The average Bonchev–Trinajstić information content (AvgIpc) is 3.35.